The molecule has 0 unspecified atom stereocenters. The van der Waals surface area contributed by atoms with Crippen LogP contribution in [-0.4, -0.2) is 37.9 Å². The second-order valence-corrected chi connectivity index (χ2v) is 6.86. The van der Waals surface area contributed by atoms with Crippen LogP contribution in [0.25, 0.3) is 10.9 Å². The van der Waals surface area contributed by atoms with Crippen LogP contribution in [0.4, 0.5) is 11.4 Å². The fourth-order valence-corrected chi connectivity index (χ4v) is 3.29. The van der Waals surface area contributed by atoms with Crippen LogP contribution in [0.1, 0.15) is 21.9 Å². The number of para-hydroxylation sites is 1. The van der Waals surface area contributed by atoms with Crippen LogP contribution in [0, 0.1) is 0 Å². The van der Waals surface area contributed by atoms with Gasteiger partial charge in [-0.3, -0.25) is 19.5 Å². The lowest BCUT2D eigenvalue weighted by Crippen LogP contribution is -2.19. The summed E-state index contributed by atoms with van der Waals surface area (Å²) in [5.41, 5.74) is 7.90. The molecule has 156 valence electrons. The molecule has 4 aromatic rings. The highest BCUT2D eigenvalue weighted by Crippen LogP contribution is 2.24. The Labute approximate surface area is 176 Å². The molecule has 0 saturated carbocycles. The summed E-state index contributed by atoms with van der Waals surface area (Å²) in [5, 5.41) is 12.6. The summed E-state index contributed by atoms with van der Waals surface area (Å²) in [4.78, 5) is 43.6. The molecule has 4 rings (SSSR count). The first kappa shape index (κ1) is 19.8. The highest BCUT2D eigenvalue weighted by molar-refractivity contribution is 6.09. The highest BCUT2D eigenvalue weighted by atomic mass is 16.2. The van der Waals surface area contributed by atoms with Crippen LogP contribution in [-0.2, 0) is 22.4 Å². The van der Waals surface area contributed by atoms with E-state index in [1.807, 2.05) is 24.3 Å². The molecule has 2 heterocycles. The maximum absolute atomic E-state index is 12.9. The van der Waals surface area contributed by atoms with Crippen LogP contribution < -0.4 is 16.4 Å². The summed E-state index contributed by atoms with van der Waals surface area (Å²) in [7, 11) is 0. The predicted octanol–water partition coefficient (Wildman–Crippen LogP) is 1.75. The second kappa shape index (κ2) is 8.49. The van der Waals surface area contributed by atoms with Gasteiger partial charge in [0.25, 0.3) is 5.91 Å². The molecule has 0 atom stereocenters. The molecule has 0 spiro atoms. The molecule has 0 aliphatic heterocycles. The number of amides is 3. The van der Waals surface area contributed by atoms with Crippen molar-refractivity contribution < 1.29 is 14.4 Å². The highest BCUT2D eigenvalue weighted by Gasteiger charge is 2.19. The third kappa shape index (κ3) is 4.58. The lowest BCUT2D eigenvalue weighted by atomic mass is 10.1. The van der Waals surface area contributed by atoms with E-state index < -0.39 is 11.8 Å². The largest absolute Gasteiger partial charge is 0.369 e. The minimum Gasteiger partial charge on any atom is -0.369 e. The molecular weight excluding hydrogens is 398 g/mol. The number of rotatable bonds is 7. The molecule has 6 N–H and O–H groups in total. The molecule has 10 heteroatoms. The summed E-state index contributed by atoms with van der Waals surface area (Å²) < 4.78 is 0. The number of carbonyl (C=O) groups is 3. The van der Waals surface area contributed by atoms with E-state index in [0.29, 0.717) is 22.8 Å². The zero-order valence-corrected chi connectivity index (χ0v) is 16.3. The Kier molecular flexibility index (Phi) is 5.43. The number of nitrogens with one attached hydrogen (secondary N) is 4. The SMILES string of the molecule is NC(=O)Cc1c(C(=O)Nc2cccc(NC(=O)Cc3ncn[nH]3)c2)[nH]c2ccccc12. The fourth-order valence-electron chi connectivity index (χ4n) is 3.29. The molecule has 3 amide bonds. The minimum atomic E-state index is -0.532. The quantitative estimate of drug-likeness (QED) is 0.309. The van der Waals surface area contributed by atoms with Gasteiger partial charge in [-0.1, -0.05) is 24.3 Å². The van der Waals surface area contributed by atoms with Crippen LogP contribution in [0.2, 0.25) is 0 Å². The Morgan fingerprint density at radius 2 is 1.74 bits per heavy atom. The van der Waals surface area contributed by atoms with Crippen LogP contribution in [0.3, 0.4) is 0 Å². The number of fused-ring (bicyclic) bond motifs is 1. The van der Waals surface area contributed by atoms with E-state index in [4.69, 9.17) is 5.73 Å². The normalized spacial score (nSPS) is 10.7. The maximum atomic E-state index is 12.9. The Balaban J connectivity index is 1.52. The van der Waals surface area contributed by atoms with E-state index >= 15 is 0 Å². The summed E-state index contributed by atoms with van der Waals surface area (Å²) in [5.74, 6) is -0.782. The van der Waals surface area contributed by atoms with Gasteiger partial charge in [0, 0.05) is 22.3 Å². The van der Waals surface area contributed by atoms with E-state index in [0.717, 1.165) is 10.9 Å². The Morgan fingerprint density at radius 1 is 0.968 bits per heavy atom. The zero-order chi connectivity index (χ0) is 21.8. The van der Waals surface area contributed by atoms with Crippen molar-refractivity contribution in [2.24, 2.45) is 5.73 Å². The lowest BCUT2D eigenvalue weighted by Gasteiger charge is -2.09. The molecular formula is C21H19N7O3. The molecule has 31 heavy (non-hydrogen) atoms. The third-order valence-corrected chi connectivity index (χ3v) is 4.59. The third-order valence-electron chi connectivity index (χ3n) is 4.59. The van der Waals surface area contributed by atoms with E-state index in [1.165, 1.54) is 6.33 Å². The molecule has 0 aliphatic carbocycles. The van der Waals surface area contributed by atoms with Gasteiger partial charge < -0.3 is 21.4 Å². The number of benzene rings is 2. The van der Waals surface area contributed by atoms with E-state index in [2.05, 4.69) is 30.8 Å². The zero-order valence-electron chi connectivity index (χ0n) is 16.3. The average molecular weight is 417 g/mol. The molecule has 0 radical (unpaired) electrons. The fraction of sp³-hybridized carbons (Fsp3) is 0.0952. The van der Waals surface area contributed by atoms with Crippen molar-refractivity contribution in [3.8, 4) is 0 Å². The van der Waals surface area contributed by atoms with Crippen molar-refractivity contribution in [1.82, 2.24) is 20.2 Å². The van der Waals surface area contributed by atoms with E-state index in [9.17, 15) is 14.4 Å². The number of carbonyl (C=O) groups excluding carboxylic acids is 3. The van der Waals surface area contributed by atoms with Gasteiger partial charge in [-0.05, 0) is 29.8 Å². The molecule has 0 saturated heterocycles. The first-order valence-electron chi connectivity index (χ1n) is 9.43. The maximum Gasteiger partial charge on any atom is 0.272 e. The van der Waals surface area contributed by atoms with E-state index in [-0.39, 0.29) is 24.4 Å². The monoisotopic (exact) mass is 417 g/mol. The van der Waals surface area contributed by atoms with Gasteiger partial charge >= 0.3 is 0 Å². The van der Waals surface area contributed by atoms with Gasteiger partial charge in [-0.25, -0.2) is 4.98 Å². The summed E-state index contributed by atoms with van der Waals surface area (Å²) in [6.07, 6.45) is 1.31. The summed E-state index contributed by atoms with van der Waals surface area (Å²) in [6.45, 7) is 0. The van der Waals surface area contributed by atoms with Gasteiger partial charge in [0.2, 0.25) is 11.8 Å². The van der Waals surface area contributed by atoms with Crippen LogP contribution in [0.5, 0.6) is 0 Å². The molecule has 0 aliphatic rings. The number of H-pyrrole nitrogens is 2. The smallest absolute Gasteiger partial charge is 0.272 e. The van der Waals surface area contributed by atoms with Crippen molar-refractivity contribution >= 4 is 40.0 Å². The molecule has 10 nitrogen and oxygen atoms in total. The Morgan fingerprint density at radius 3 is 2.48 bits per heavy atom. The number of hydrogen-bond donors (Lipinski definition) is 5. The summed E-state index contributed by atoms with van der Waals surface area (Å²) >= 11 is 0. The first-order valence-corrected chi connectivity index (χ1v) is 9.43. The van der Waals surface area contributed by atoms with Gasteiger partial charge in [-0.15, -0.1) is 0 Å². The second-order valence-electron chi connectivity index (χ2n) is 6.86. The number of aromatic nitrogens is 4. The van der Waals surface area contributed by atoms with Crippen LogP contribution >= 0.6 is 0 Å². The number of aromatic amines is 2. The Bertz CT molecular complexity index is 1260. The van der Waals surface area contributed by atoms with E-state index in [1.54, 1.807) is 24.3 Å². The number of hydrogen-bond acceptors (Lipinski definition) is 5. The number of nitrogens with zero attached hydrogens (tertiary/aromatic N) is 2. The van der Waals surface area contributed by atoms with Crippen molar-refractivity contribution in [1.29, 1.82) is 0 Å². The first-order chi connectivity index (χ1) is 15.0. The van der Waals surface area contributed by atoms with Crippen molar-refractivity contribution in [3.05, 3.63) is 71.9 Å². The molecule has 0 fully saturated rings. The molecule has 2 aromatic carbocycles. The molecule has 2 aromatic heterocycles. The summed E-state index contributed by atoms with van der Waals surface area (Å²) in [6, 6.07) is 14.0. The minimum absolute atomic E-state index is 0.0438. The van der Waals surface area contributed by atoms with Crippen LogP contribution in [0.15, 0.2) is 54.9 Å². The number of anilines is 2. The molecule has 0 bridgehead atoms. The van der Waals surface area contributed by atoms with Gasteiger partial charge in [0.15, 0.2) is 0 Å². The van der Waals surface area contributed by atoms with Crippen molar-refractivity contribution in [2.75, 3.05) is 10.6 Å². The topological polar surface area (TPSA) is 159 Å². The lowest BCUT2D eigenvalue weighted by molar-refractivity contribution is -0.117. The average Bonchev–Trinajstić information content (AvgIpc) is 3.36. The van der Waals surface area contributed by atoms with Gasteiger partial charge in [-0.2, -0.15) is 5.10 Å². The van der Waals surface area contributed by atoms with Gasteiger partial charge in [0.1, 0.15) is 17.8 Å². The van der Waals surface area contributed by atoms with Gasteiger partial charge in [0.05, 0.1) is 12.8 Å². The number of primary amides is 1. The van der Waals surface area contributed by atoms with Crippen molar-refractivity contribution in [2.45, 2.75) is 12.8 Å². The number of nitrogens with two attached hydrogens (primary N) is 1. The standard InChI is InChI=1S/C21H19N7O3/c22-17(29)9-15-14-6-1-2-7-16(14)27-20(15)21(31)26-13-5-3-4-12(8-13)25-19(30)10-18-23-11-24-28-18/h1-8,11,27H,9-10H2,(H2,22,29)(H,25,30)(H,26,31)(H,23,24,28). The van der Waals surface area contributed by atoms with Crippen molar-refractivity contribution in [3.63, 3.8) is 0 Å². The predicted molar refractivity (Wildman–Crippen MR) is 114 cm³/mol. The Hall–Kier alpha value is -4.47.